The first-order valence-corrected chi connectivity index (χ1v) is 7.20. The summed E-state index contributed by atoms with van der Waals surface area (Å²) in [5.74, 6) is 2.38. The second-order valence-corrected chi connectivity index (χ2v) is 5.85. The summed E-state index contributed by atoms with van der Waals surface area (Å²) in [5, 5.41) is 3.62. The fourth-order valence-corrected chi connectivity index (χ4v) is 3.50. The van der Waals surface area contributed by atoms with Crippen LogP contribution in [0.1, 0.15) is 51.8 Å². The van der Waals surface area contributed by atoms with Crippen LogP contribution >= 0.6 is 0 Å². The average molecular weight is 247 g/mol. The Morgan fingerprint density at radius 3 is 2.56 bits per heavy atom. The quantitative estimate of drug-likeness (QED) is 0.888. The summed E-state index contributed by atoms with van der Waals surface area (Å²) < 4.78 is 0. The molecule has 0 bridgehead atoms. The Morgan fingerprint density at radius 1 is 1.28 bits per heavy atom. The number of rotatable bonds is 4. The molecule has 18 heavy (non-hydrogen) atoms. The van der Waals surface area contributed by atoms with Crippen molar-refractivity contribution < 1.29 is 0 Å². The molecule has 0 aromatic carbocycles. The van der Waals surface area contributed by atoms with Crippen molar-refractivity contribution >= 4 is 0 Å². The molecule has 1 aliphatic rings. The van der Waals surface area contributed by atoms with E-state index >= 15 is 0 Å². The van der Waals surface area contributed by atoms with E-state index in [9.17, 15) is 0 Å². The van der Waals surface area contributed by atoms with Crippen LogP contribution in [0.4, 0.5) is 0 Å². The molecule has 1 saturated carbocycles. The predicted octanol–water partition coefficient (Wildman–Crippen LogP) is 3.20. The van der Waals surface area contributed by atoms with Gasteiger partial charge in [-0.1, -0.05) is 20.8 Å². The van der Waals surface area contributed by atoms with Crippen molar-refractivity contribution in [1.29, 1.82) is 0 Å². The summed E-state index contributed by atoms with van der Waals surface area (Å²) >= 11 is 0. The van der Waals surface area contributed by atoms with Crippen molar-refractivity contribution in [2.24, 2.45) is 17.8 Å². The molecular formula is C15H25N3. The van der Waals surface area contributed by atoms with E-state index in [1.807, 2.05) is 6.20 Å². The normalized spacial score (nSPS) is 30.1. The number of hydrogen-bond acceptors (Lipinski definition) is 3. The van der Waals surface area contributed by atoms with Gasteiger partial charge < -0.3 is 5.32 Å². The zero-order chi connectivity index (χ0) is 13.0. The molecule has 1 N–H and O–H groups in total. The van der Waals surface area contributed by atoms with Gasteiger partial charge in [0.05, 0.1) is 11.7 Å². The maximum absolute atomic E-state index is 4.45. The lowest BCUT2D eigenvalue weighted by Crippen LogP contribution is -2.33. The van der Waals surface area contributed by atoms with Crippen LogP contribution in [0.5, 0.6) is 0 Å². The highest BCUT2D eigenvalue weighted by molar-refractivity contribution is 5.07. The summed E-state index contributed by atoms with van der Waals surface area (Å²) in [5.41, 5.74) is 1.15. The highest BCUT2D eigenvalue weighted by Crippen LogP contribution is 2.39. The van der Waals surface area contributed by atoms with E-state index in [4.69, 9.17) is 0 Å². The van der Waals surface area contributed by atoms with Gasteiger partial charge in [-0.3, -0.25) is 0 Å². The first kappa shape index (κ1) is 13.5. The van der Waals surface area contributed by atoms with Gasteiger partial charge in [-0.05, 0) is 49.6 Å². The Morgan fingerprint density at radius 2 is 2.00 bits per heavy atom. The summed E-state index contributed by atoms with van der Waals surface area (Å²) in [6.07, 6.45) is 7.51. The lowest BCUT2D eigenvalue weighted by Gasteiger charge is -2.36. The molecule has 1 aliphatic carbocycles. The second kappa shape index (κ2) is 6.28. The van der Waals surface area contributed by atoms with E-state index < -0.39 is 0 Å². The second-order valence-electron chi connectivity index (χ2n) is 5.85. The van der Waals surface area contributed by atoms with Crippen LogP contribution in [0.15, 0.2) is 18.6 Å². The van der Waals surface area contributed by atoms with E-state index in [1.54, 1.807) is 6.33 Å². The molecule has 1 aromatic heterocycles. The molecule has 3 nitrogen and oxygen atoms in total. The van der Waals surface area contributed by atoms with Crippen LogP contribution in [0.25, 0.3) is 0 Å². The summed E-state index contributed by atoms with van der Waals surface area (Å²) in [7, 11) is 0. The first-order chi connectivity index (χ1) is 8.70. The molecule has 0 radical (unpaired) electrons. The topological polar surface area (TPSA) is 37.8 Å². The standard InChI is InChI=1S/C15H25N3/c1-4-17-15(14-5-6-16-10-18-14)13-8-11(2)7-12(3)9-13/h5-6,10-13,15,17H,4,7-9H2,1-3H3. The van der Waals surface area contributed by atoms with Gasteiger partial charge >= 0.3 is 0 Å². The van der Waals surface area contributed by atoms with Crippen molar-refractivity contribution in [3.8, 4) is 0 Å². The van der Waals surface area contributed by atoms with Gasteiger partial charge in [0.25, 0.3) is 0 Å². The van der Waals surface area contributed by atoms with Crippen LogP contribution in [-0.4, -0.2) is 16.5 Å². The monoisotopic (exact) mass is 247 g/mol. The van der Waals surface area contributed by atoms with Gasteiger partial charge in [-0.2, -0.15) is 0 Å². The van der Waals surface area contributed by atoms with Crippen LogP contribution in [0.2, 0.25) is 0 Å². The number of nitrogens with one attached hydrogen (secondary N) is 1. The summed E-state index contributed by atoms with van der Waals surface area (Å²) in [4.78, 5) is 8.47. The molecule has 1 aromatic rings. The van der Waals surface area contributed by atoms with Gasteiger partial charge in [0.15, 0.2) is 0 Å². The Kier molecular flexibility index (Phi) is 4.70. The maximum atomic E-state index is 4.45. The lowest BCUT2D eigenvalue weighted by molar-refractivity contribution is 0.175. The largest absolute Gasteiger partial charge is 0.309 e. The minimum Gasteiger partial charge on any atom is -0.309 e. The summed E-state index contributed by atoms with van der Waals surface area (Å²) in [6.45, 7) is 7.93. The van der Waals surface area contributed by atoms with E-state index in [-0.39, 0.29) is 0 Å². The zero-order valence-corrected chi connectivity index (χ0v) is 11.8. The Hall–Kier alpha value is -0.960. The average Bonchev–Trinajstić information content (AvgIpc) is 2.36. The highest BCUT2D eigenvalue weighted by atomic mass is 15.0. The van der Waals surface area contributed by atoms with E-state index in [2.05, 4.69) is 42.1 Å². The van der Waals surface area contributed by atoms with Crippen molar-refractivity contribution in [3.63, 3.8) is 0 Å². The van der Waals surface area contributed by atoms with Crippen LogP contribution < -0.4 is 5.32 Å². The van der Waals surface area contributed by atoms with Crippen molar-refractivity contribution in [2.75, 3.05) is 6.54 Å². The smallest absolute Gasteiger partial charge is 0.115 e. The SMILES string of the molecule is CCNC(c1ccncn1)C1CC(C)CC(C)C1. The van der Waals surface area contributed by atoms with Gasteiger partial charge in [-0.25, -0.2) is 9.97 Å². The molecule has 0 amide bonds. The highest BCUT2D eigenvalue weighted by Gasteiger charge is 2.31. The molecule has 1 fully saturated rings. The summed E-state index contributed by atoms with van der Waals surface area (Å²) in [6, 6.07) is 2.44. The minimum atomic E-state index is 0.392. The molecule has 0 aliphatic heterocycles. The lowest BCUT2D eigenvalue weighted by atomic mass is 9.73. The minimum absolute atomic E-state index is 0.392. The zero-order valence-electron chi connectivity index (χ0n) is 11.8. The number of nitrogens with zero attached hydrogens (tertiary/aromatic N) is 2. The van der Waals surface area contributed by atoms with E-state index in [0.717, 1.165) is 24.1 Å². The van der Waals surface area contributed by atoms with E-state index in [0.29, 0.717) is 12.0 Å². The fourth-order valence-electron chi connectivity index (χ4n) is 3.50. The molecule has 0 spiro atoms. The van der Waals surface area contributed by atoms with E-state index in [1.165, 1.54) is 19.3 Å². The first-order valence-electron chi connectivity index (χ1n) is 7.20. The van der Waals surface area contributed by atoms with Crippen LogP contribution in [0, 0.1) is 17.8 Å². The molecule has 3 unspecified atom stereocenters. The van der Waals surface area contributed by atoms with Gasteiger partial charge in [-0.15, -0.1) is 0 Å². The number of aromatic nitrogens is 2. The Labute approximate surface area is 110 Å². The Bertz CT molecular complexity index is 342. The third-order valence-electron chi connectivity index (χ3n) is 4.03. The molecule has 3 heteroatoms. The molecule has 3 atom stereocenters. The molecule has 0 saturated heterocycles. The van der Waals surface area contributed by atoms with Gasteiger partial charge in [0.2, 0.25) is 0 Å². The molecule has 100 valence electrons. The fraction of sp³-hybridized carbons (Fsp3) is 0.733. The predicted molar refractivity (Wildman–Crippen MR) is 74.1 cm³/mol. The Balaban J connectivity index is 2.14. The van der Waals surface area contributed by atoms with Crippen molar-refractivity contribution in [2.45, 2.75) is 46.1 Å². The third-order valence-corrected chi connectivity index (χ3v) is 4.03. The van der Waals surface area contributed by atoms with Crippen LogP contribution in [-0.2, 0) is 0 Å². The molecular weight excluding hydrogens is 222 g/mol. The van der Waals surface area contributed by atoms with Gasteiger partial charge in [0, 0.05) is 6.20 Å². The molecule has 1 heterocycles. The van der Waals surface area contributed by atoms with Crippen molar-refractivity contribution in [3.05, 3.63) is 24.3 Å². The van der Waals surface area contributed by atoms with Crippen molar-refractivity contribution in [1.82, 2.24) is 15.3 Å². The third kappa shape index (κ3) is 3.29. The van der Waals surface area contributed by atoms with Crippen LogP contribution in [0.3, 0.4) is 0 Å². The van der Waals surface area contributed by atoms with Gasteiger partial charge in [0.1, 0.15) is 6.33 Å². The molecule has 2 rings (SSSR count). The maximum Gasteiger partial charge on any atom is 0.115 e. The number of hydrogen-bond donors (Lipinski definition) is 1.